The number of benzene rings is 1. The number of sulfone groups is 1. The molecule has 1 aliphatic rings. The van der Waals surface area contributed by atoms with E-state index in [9.17, 15) is 23.1 Å². The van der Waals surface area contributed by atoms with E-state index in [4.69, 9.17) is 0 Å². The van der Waals surface area contributed by atoms with Crippen LogP contribution in [0.1, 0.15) is 52.7 Å². The standard InChI is InChI=1S/C19H23N3O5S2/c1-4-29(26,27)13-7-5-12(6-8-13)9-20-17(23)18-21-15-14(28-18)10-22(19(24)25)16(15)11(2)3/h5-8,11,16H,4,9-10H2,1-3H3,(H,20,23)(H,24,25). The molecule has 29 heavy (non-hydrogen) atoms. The molecule has 0 spiro atoms. The van der Waals surface area contributed by atoms with E-state index in [0.29, 0.717) is 10.7 Å². The van der Waals surface area contributed by atoms with Gasteiger partial charge in [0.05, 0.1) is 33.8 Å². The molecule has 0 radical (unpaired) electrons. The monoisotopic (exact) mass is 437 g/mol. The molecule has 3 rings (SSSR count). The van der Waals surface area contributed by atoms with E-state index in [2.05, 4.69) is 10.3 Å². The maximum atomic E-state index is 12.5. The van der Waals surface area contributed by atoms with E-state index in [-0.39, 0.29) is 41.6 Å². The molecule has 0 bridgehead atoms. The van der Waals surface area contributed by atoms with E-state index in [1.165, 1.54) is 28.4 Å². The van der Waals surface area contributed by atoms with Crippen LogP contribution in [0.4, 0.5) is 4.79 Å². The topological polar surface area (TPSA) is 117 Å². The molecule has 1 unspecified atom stereocenters. The molecule has 2 aromatic rings. The van der Waals surface area contributed by atoms with Gasteiger partial charge in [0.2, 0.25) is 0 Å². The fourth-order valence-electron chi connectivity index (χ4n) is 3.31. The zero-order valence-corrected chi connectivity index (χ0v) is 18.0. The van der Waals surface area contributed by atoms with Crippen molar-refractivity contribution in [3.63, 3.8) is 0 Å². The van der Waals surface area contributed by atoms with Crippen LogP contribution in [0.3, 0.4) is 0 Å². The SMILES string of the molecule is CCS(=O)(=O)c1ccc(CNC(=O)c2nc3c(s2)CN(C(=O)O)C3C(C)C)cc1. The number of aromatic nitrogens is 1. The summed E-state index contributed by atoms with van der Waals surface area (Å²) >= 11 is 1.21. The van der Waals surface area contributed by atoms with E-state index in [0.717, 1.165) is 10.4 Å². The van der Waals surface area contributed by atoms with E-state index < -0.39 is 15.9 Å². The van der Waals surface area contributed by atoms with Gasteiger partial charge in [-0.05, 0) is 23.6 Å². The van der Waals surface area contributed by atoms with Gasteiger partial charge in [0, 0.05) is 6.54 Å². The summed E-state index contributed by atoms with van der Waals surface area (Å²) in [5.74, 6) is -0.253. The number of carbonyl (C=O) groups is 2. The van der Waals surface area contributed by atoms with Crippen LogP contribution in [-0.2, 0) is 22.9 Å². The van der Waals surface area contributed by atoms with Crippen LogP contribution in [-0.4, -0.2) is 41.2 Å². The Labute approximate surface area is 173 Å². The molecule has 2 amide bonds. The lowest BCUT2D eigenvalue weighted by molar-refractivity contribution is 0.0949. The van der Waals surface area contributed by atoms with Crippen molar-refractivity contribution in [2.24, 2.45) is 5.92 Å². The maximum Gasteiger partial charge on any atom is 0.408 e. The predicted molar refractivity (Wildman–Crippen MR) is 109 cm³/mol. The minimum absolute atomic E-state index is 0.0362. The zero-order valence-electron chi connectivity index (χ0n) is 16.4. The van der Waals surface area contributed by atoms with Crippen molar-refractivity contribution in [2.45, 2.75) is 44.8 Å². The number of nitrogens with one attached hydrogen (secondary N) is 1. The zero-order chi connectivity index (χ0) is 21.3. The smallest absolute Gasteiger partial charge is 0.408 e. The maximum absolute atomic E-state index is 12.5. The molecule has 1 aliphatic heterocycles. The molecule has 0 fully saturated rings. The Kier molecular flexibility index (Phi) is 5.95. The van der Waals surface area contributed by atoms with Crippen LogP contribution >= 0.6 is 11.3 Å². The van der Waals surface area contributed by atoms with Crippen molar-refractivity contribution >= 4 is 33.2 Å². The largest absolute Gasteiger partial charge is 0.465 e. The number of hydrogen-bond acceptors (Lipinski definition) is 6. The lowest BCUT2D eigenvalue weighted by atomic mass is 10.0. The van der Waals surface area contributed by atoms with E-state index in [1.807, 2.05) is 13.8 Å². The van der Waals surface area contributed by atoms with Crippen LogP contribution in [0.25, 0.3) is 0 Å². The highest BCUT2D eigenvalue weighted by Crippen LogP contribution is 2.40. The summed E-state index contributed by atoms with van der Waals surface area (Å²) in [5, 5.41) is 12.5. The first-order valence-electron chi connectivity index (χ1n) is 9.23. The van der Waals surface area contributed by atoms with Gasteiger partial charge in [-0.2, -0.15) is 0 Å². The average molecular weight is 438 g/mol. The normalized spacial score (nSPS) is 16.1. The first-order valence-corrected chi connectivity index (χ1v) is 11.7. The molecule has 1 aromatic heterocycles. The van der Waals surface area contributed by atoms with Gasteiger partial charge in [0.1, 0.15) is 0 Å². The minimum Gasteiger partial charge on any atom is -0.465 e. The Morgan fingerprint density at radius 1 is 1.31 bits per heavy atom. The van der Waals surface area contributed by atoms with Crippen molar-refractivity contribution in [3.05, 3.63) is 45.4 Å². The van der Waals surface area contributed by atoms with Gasteiger partial charge in [-0.25, -0.2) is 18.2 Å². The third-order valence-electron chi connectivity index (χ3n) is 4.84. The molecule has 10 heteroatoms. The number of carbonyl (C=O) groups excluding carboxylic acids is 1. The van der Waals surface area contributed by atoms with Crippen molar-refractivity contribution < 1.29 is 23.1 Å². The van der Waals surface area contributed by atoms with E-state index >= 15 is 0 Å². The Bertz CT molecular complexity index is 1030. The summed E-state index contributed by atoms with van der Waals surface area (Å²) in [5.41, 5.74) is 1.43. The number of nitrogens with zero attached hydrogens (tertiary/aromatic N) is 2. The molecular weight excluding hydrogens is 414 g/mol. The fraction of sp³-hybridized carbons (Fsp3) is 0.421. The Morgan fingerprint density at radius 3 is 2.52 bits per heavy atom. The molecule has 0 saturated heterocycles. The lowest BCUT2D eigenvalue weighted by Gasteiger charge is -2.24. The molecule has 8 nitrogen and oxygen atoms in total. The lowest BCUT2D eigenvalue weighted by Crippen LogP contribution is -2.31. The second-order valence-corrected chi connectivity index (χ2v) is 10.5. The summed E-state index contributed by atoms with van der Waals surface area (Å²) < 4.78 is 23.7. The van der Waals surface area contributed by atoms with Crippen molar-refractivity contribution in [2.75, 3.05) is 5.75 Å². The summed E-state index contributed by atoms with van der Waals surface area (Å²) in [6.45, 7) is 5.93. The molecule has 2 N–H and O–H groups in total. The van der Waals surface area contributed by atoms with Crippen molar-refractivity contribution in [3.8, 4) is 0 Å². The summed E-state index contributed by atoms with van der Waals surface area (Å²) in [6.07, 6.45) is -0.992. The Balaban J connectivity index is 1.68. The van der Waals surface area contributed by atoms with Crippen LogP contribution in [0.5, 0.6) is 0 Å². The molecular formula is C19H23N3O5S2. The first-order chi connectivity index (χ1) is 13.6. The average Bonchev–Trinajstić information content (AvgIpc) is 3.24. The number of fused-ring (bicyclic) bond motifs is 1. The highest BCUT2D eigenvalue weighted by atomic mass is 32.2. The summed E-state index contributed by atoms with van der Waals surface area (Å²) in [6, 6.07) is 6.06. The number of rotatable bonds is 6. The second-order valence-electron chi connectivity index (χ2n) is 7.16. The van der Waals surface area contributed by atoms with Gasteiger partial charge < -0.3 is 10.4 Å². The van der Waals surface area contributed by atoms with E-state index in [1.54, 1.807) is 19.1 Å². The third-order valence-corrected chi connectivity index (χ3v) is 7.65. The number of hydrogen-bond donors (Lipinski definition) is 2. The van der Waals surface area contributed by atoms with Crippen molar-refractivity contribution in [1.29, 1.82) is 0 Å². The van der Waals surface area contributed by atoms with Crippen molar-refractivity contribution in [1.82, 2.24) is 15.2 Å². The molecule has 0 saturated carbocycles. The number of thiazole rings is 1. The van der Waals surface area contributed by atoms with Gasteiger partial charge in [-0.15, -0.1) is 11.3 Å². The third kappa shape index (κ3) is 4.27. The number of carboxylic acid groups (broad SMARTS) is 1. The highest BCUT2D eigenvalue weighted by Gasteiger charge is 2.39. The summed E-state index contributed by atoms with van der Waals surface area (Å²) in [4.78, 5) is 30.8. The second kappa shape index (κ2) is 8.11. The van der Waals surface area contributed by atoms with Gasteiger partial charge in [0.25, 0.3) is 5.91 Å². The van der Waals surface area contributed by atoms with Gasteiger partial charge in [-0.3, -0.25) is 9.69 Å². The van der Waals surface area contributed by atoms with Gasteiger partial charge in [0.15, 0.2) is 14.8 Å². The highest BCUT2D eigenvalue weighted by molar-refractivity contribution is 7.91. The molecule has 1 atom stereocenters. The fourth-order valence-corrected chi connectivity index (χ4v) is 5.21. The van der Waals surface area contributed by atoms with Crippen LogP contribution in [0.15, 0.2) is 29.2 Å². The molecule has 2 heterocycles. The minimum atomic E-state index is -3.25. The summed E-state index contributed by atoms with van der Waals surface area (Å²) in [7, 11) is -3.25. The Morgan fingerprint density at radius 2 is 1.97 bits per heavy atom. The van der Waals surface area contributed by atoms with Crippen LogP contribution in [0.2, 0.25) is 0 Å². The molecule has 1 aromatic carbocycles. The predicted octanol–water partition coefficient (Wildman–Crippen LogP) is 3.06. The van der Waals surface area contributed by atoms with Crippen LogP contribution in [0, 0.1) is 5.92 Å². The quantitative estimate of drug-likeness (QED) is 0.717. The van der Waals surface area contributed by atoms with Gasteiger partial charge >= 0.3 is 6.09 Å². The van der Waals surface area contributed by atoms with Gasteiger partial charge in [-0.1, -0.05) is 32.9 Å². The molecule has 156 valence electrons. The first kappa shape index (κ1) is 21.3. The van der Waals surface area contributed by atoms with Crippen LogP contribution < -0.4 is 5.32 Å². The molecule has 0 aliphatic carbocycles. The Hall–Kier alpha value is -2.46. The number of amides is 2.